The number of ether oxygens (including phenoxy) is 1. The standard InChI is InChI=1S/C13H10ClN3O2/c14-11-2-1-7-17-12(15-16-13(11)17)8-19-10-5-3-9(18)4-6-10/h1-7,18H,8H2. The van der Waals surface area contributed by atoms with Crippen molar-refractivity contribution in [3.05, 3.63) is 53.4 Å². The molecule has 5 nitrogen and oxygen atoms in total. The molecular formula is C13H10ClN3O2. The second-order valence-electron chi connectivity index (χ2n) is 3.95. The van der Waals surface area contributed by atoms with E-state index in [1.165, 1.54) is 0 Å². The van der Waals surface area contributed by atoms with Gasteiger partial charge in [-0.15, -0.1) is 10.2 Å². The number of hydrogen-bond donors (Lipinski definition) is 1. The third kappa shape index (κ3) is 2.32. The largest absolute Gasteiger partial charge is 0.508 e. The first-order chi connectivity index (χ1) is 9.24. The van der Waals surface area contributed by atoms with E-state index in [-0.39, 0.29) is 12.4 Å². The average Bonchev–Trinajstić information content (AvgIpc) is 2.83. The van der Waals surface area contributed by atoms with E-state index < -0.39 is 0 Å². The third-order valence-electron chi connectivity index (χ3n) is 2.66. The van der Waals surface area contributed by atoms with Crippen LogP contribution in [0.25, 0.3) is 5.65 Å². The van der Waals surface area contributed by atoms with Gasteiger partial charge in [0, 0.05) is 6.20 Å². The predicted octanol–water partition coefficient (Wildman–Crippen LogP) is 2.67. The Kier molecular flexibility index (Phi) is 2.97. The minimum atomic E-state index is 0.201. The van der Waals surface area contributed by atoms with Gasteiger partial charge in [0.25, 0.3) is 0 Å². The van der Waals surface area contributed by atoms with Crippen LogP contribution in [0.15, 0.2) is 42.6 Å². The van der Waals surface area contributed by atoms with Gasteiger partial charge in [0.2, 0.25) is 0 Å². The first-order valence-electron chi connectivity index (χ1n) is 5.64. The molecule has 3 rings (SSSR count). The fourth-order valence-corrected chi connectivity index (χ4v) is 1.92. The highest BCUT2D eigenvalue weighted by Crippen LogP contribution is 2.18. The highest BCUT2D eigenvalue weighted by Gasteiger charge is 2.08. The molecule has 0 saturated heterocycles. The first kappa shape index (κ1) is 11.8. The maximum absolute atomic E-state index is 9.18. The summed E-state index contributed by atoms with van der Waals surface area (Å²) in [5.74, 6) is 1.51. The summed E-state index contributed by atoms with van der Waals surface area (Å²) in [5.41, 5.74) is 0.605. The molecule has 0 amide bonds. The van der Waals surface area contributed by atoms with E-state index in [9.17, 15) is 5.11 Å². The van der Waals surface area contributed by atoms with Crippen LogP contribution in [-0.2, 0) is 6.61 Å². The molecule has 6 heteroatoms. The molecule has 96 valence electrons. The quantitative estimate of drug-likeness (QED) is 0.798. The van der Waals surface area contributed by atoms with Gasteiger partial charge in [0.1, 0.15) is 18.1 Å². The Morgan fingerprint density at radius 1 is 1.16 bits per heavy atom. The van der Waals surface area contributed by atoms with Gasteiger partial charge in [0.05, 0.1) is 5.02 Å². The van der Waals surface area contributed by atoms with Crippen LogP contribution in [0.2, 0.25) is 5.02 Å². The van der Waals surface area contributed by atoms with E-state index in [2.05, 4.69) is 10.2 Å². The number of phenolic OH excluding ortho intramolecular Hbond substituents is 1. The normalized spacial score (nSPS) is 10.8. The summed E-state index contributed by atoms with van der Waals surface area (Å²) in [7, 11) is 0. The number of aromatic nitrogens is 3. The van der Waals surface area contributed by atoms with Crippen molar-refractivity contribution in [2.24, 2.45) is 0 Å². The van der Waals surface area contributed by atoms with Gasteiger partial charge < -0.3 is 9.84 Å². The molecule has 0 atom stereocenters. The fourth-order valence-electron chi connectivity index (χ4n) is 1.72. The second kappa shape index (κ2) is 4.78. The zero-order chi connectivity index (χ0) is 13.2. The molecule has 0 aliphatic carbocycles. The van der Waals surface area contributed by atoms with Crippen LogP contribution in [-0.4, -0.2) is 19.7 Å². The van der Waals surface area contributed by atoms with Crippen LogP contribution in [0, 0.1) is 0 Å². The highest BCUT2D eigenvalue weighted by molar-refractivity contribution is 6.33. The van der Waals surface area contributed by atoms with Crippen LogP contribution in [0.5, 0.6) is 11.5 Å². The summed E-state index contributed by atoms with van der Waals surface area (Å²) in [5, 5.41) is 17.8. The summed E-state index contributed by atoms with van der Waals surface area (Å²) in [6, 6.07) is 10.1. The topological polar surface area (TPSA) is 59.7 Å². The zero-order valence-electron chi connectivity index (χ0n) is 9.82. The number of hydrogen-bond acceptors (Lipinski definition) is 4. The van der Waals surface area contributed by atoms with Crippen LogP contribution in [0.4, 0.5) is 0 Å². The molecule has 1 N–H and O–H groups in total. The summed E-state index contributed by atoms with van der Waals surface area (Å²) >= 11 is 6.01. The van der Waals surface area contributed by atoms with Gasteiger partial charge in [-0.1, -0.05) is 11.6 Å². The number of fused-ring (bicyclic) bond motifs is 1. The Labute approximate surface area is 114 Å². The van der Waals surface area contributed by atoms with Crippen LogP contribution in [0.3, 0.4) is 0 Å². The Balaban J connectivity index is 1.82. The molecule has 0 aliphatic rings. The van der Waals surface area contributed by atoms with Gasteiger partial charge in [-0.25, -0.2) is 0 Å². The number of pyridine rings is 1. The molecule has 0 saturated carbocycles. The lowest BCUT2D eigenvalue weighted by Gasteiger charge is -2.05. The number of nitrogens with zero attached hydrogens (tertiary/aromatic N) is 3. The summed E-state index contributed by atoms with van der Waals surface area (Å²) in [6.45, 7) is 0.270. The van der Waals surface area contributed by atoms with Gasteiger partial charge in [0.15, 0.2) is 11.5 Å². The lowest BCUT2D eigenvalue weighted by Crippen LogP contribution is -2.01. The molecule has 1 aromatic carbocycles. The maximum Gasteiger partial charge on any atom is 0.179 e. The number of rotatable bonds is 3. The van der Waals surface area contributed by atoms with E-state index in [4.69, 9.17) is 16.3 Å². The third-order valence-corrected chi connectivity index (χ3v) is 2.96. The van der Waals surface area contributed by atoms with Crippen LogP contribution >= 0.6 is 11.6 Å². The molecule has 0 aliphatic heterocycles. The van der Waals surface area contributed by atoms with Crippen molar-refractivity contribution in [2.75, 3.05) is 0 Å². The van der Waals surface area contributed by atoms with Crippen molar-refractivity contribution in [2.45, 2.75) is 6.61 Å². The molecular weight excluding hydrogens is 266 g/mol. The number of halogens is 1. The Bertz CT molecular complexity index is 709. The van der Waals surface area contributed by atoms with Crippen molar-refractivity contribution in [1.82, 2.24) is 14.6 Å². The molecule has 0 spiro atoms. The molecule has 0 unspecified atom stereocenters. The molecule has 0 bridgehead atoms. The van der Waals surface area contributed by atoms with E-state index in [1.807, 2.05) is 12.3 Å². The lowest BCUT2D eigenvalue weighted by atomic mass is 10.3. The summed E-state index contributed by atoms with van der Waals surface area (Å²) in [6.07, 6.45) is 1.83. The number of aromatic hydroxyl groups is 1. The molecule has 2 aromatic heterocycles. The van der Waals surface area contributed by atoms with Crippen LogP contribution < -0.4 is 4.74 Å². The maximum atomic E-state index is 9.18. The molecule has 0 radical (unpaired) electrons. The second-order valence-corrected chi connectivity index (χ2v) is 4.36. The predicted molar refractivity (Wildman–Crippen MR) is 70.4 cm³/mol. The molecule has 0 fully saturated rings. The van der Waals surface area contributed by atoms with Gasteiger partial charge >= 0.3 is 0 Å². The molecule has 2 heterocycles. The van der Waals surface area contributed by atoms with E-state index in [0.29, 0.717) is 22.2 Å². The van der Waals surface area contributed by atoms with Crippen LogP contribution in [0.1, 0.15) is 5.82 Å². The van der Waals surface area contributed by atoms with Crippen molar-refractivity contribution in [1.29, 1.82) is 0 Å². The van der Waals surface area contributed by atoms with Crippen molar-refractivity contribution in [3.8, 4) is 11.5 Å². The minimum Gasteiger partial charge on any atom is -0.508 e. The summed E-state index contributed by atoms with van der Waals surface area (Å²) < 4.78 is 7.36. The Morgan fingerprint density at radius 3 is 2.74 bits per heavy atom. The van der Waals surface area contributed by atoms with E-state index in [1.54, 1.807) is 34.7 Å². The van der Waals surface area contributed by atoms with Gasteiger partial charge in [-0.05, 0) is 36.4 Å². The monoisotopic (exact) mass is 275 g/mol. The average molecular weight is 276 g/mol. The Hall–Kier alpha value is -2.27. The minimum absolute atomic E-state index is 0.201. The van der Waals surface area contributed by atoms with Crippen molar-refractivity contribution >= 4 is 17.2 Å². The van der Waals surface area contributed by atoms with Crippen molar-refractivity contribution in [3.63, 3.8) is 0 Å². The lowest BCUT2D eigenvalue weighted by molar-refractivity contribution is 0.294. The molecule has 19 heavy (non-hydrogen) atoms. The van der Waals surface area contributed by atoms with E-state index >= 15 is 0 Å². The number of phenols is 1. The van der Waals surface area contributed by atoms with Gasteiger partial charge in [-0.2, -0.15) is 0 Å². The highest BCUT2D eigenvalue weighted by atomic mass is 35.5. The first-order valence-corrected chi connectivity index (χ1v) is 6.02. The van der Waals surface area contributed by atoms with Gasteiger partial charge in [-0.3, -0.25) is 4.40 Å². The zero-order valence-corrected chi connectivity index (χ0v) is 10.6. The Morgan fingerprint density at radius 2 is 1.95 bits per heavy atom. The SMILES string of the molecule is Oc1ccc(OCc2nnc3c(Cl)cccn23)cc1. The van der Waals surface area contributed by atoms with Crippen molar-refractivity contribution < 1.29 is 9.84 Å². The fraction of sp³-hybridized carbons (Fsp3) is 0.0769. The smallest absolute Gasteiger partial charge is 0.179 e. The summed E-state index contributed by atoms with van der Waals surface area (Å²) in [4.78, 5) is 0. The van der Waals surface area contributed by atoms with E-state index in [0.717, 1.165) is 0 Å². The molecule has 3 aromatic rings. The number of benzene rings is 1.